The molecule has 25 heavy (non-hydrogen) atoms. The highest BCUT2D eigenvalue weighted by atomic mass is 35.5. The molecule has 0 aromatic heterocycles. The highest BCUT2D eigenvalue weighted by Gasteiger charge is 2.14. The maximum absolute atomic E-state index is 12.6. The molecule has 5 nitrogen and oxygen atoms in total. The van der Waals surface area contributed by atoms with Crippen LogP contribution >= 0.6 is 11.6 Å². The van der Waals surface area contributed by atoms with Gasteiger partial charge in [-0.2, -0.15) is 13.9 Å². The highest BCUT2D eigenvalue weighted by Crippen LogP contribution is 2.31. The Labute approximate surface area is 148 Å². The number of para-hydroxylation sites is 1. The maximum Gasteiger partial charge on any atom is 0.387 e. The standard InChI is InChI=1S/C17H15ClF2N2O3/c1-2-24-14-5-3-4-12(15(14)25-17(19)20)10-21-22-16(23)11-6-8-13(18)9-7-11/h3-10,17H,2H2,1H3,(H,22,23)/b21-10-. The molecule has 0 aliphatic carbocycles. The molecule has 0 saturated heterocycles. The number of carbonyl (C=O) groups excluding carboxylic acids is 1. The first-order chi connectivity index (χ1) is 12.0. The first-order valence-electron chi connectivity index (χ1n) is 7.31. The van der Waals surface area contributed by atoms with Gasteiger partial charge in [-0.05, 0) is 43.3 Å². The number of amides is 1. The zero-order chi connectivity index (χ0) is 18.2. The Morgan fingerprint density at radius 2 is 2.00 bits per heavy atom. The quantitative estimate of drug-likeness (QED) is 0.591. The molecular weight excluding hydrogens is 354 g/mol. The van der Waals surface area contributed by atoms with Crippen molar-refractivity contribution in [2.45, 2.75) is 13.5 Å². The third-order valence-corrected chi connectivity index (χ3v) is 3.24. The van der Waals surface area contributed by atoms with Crippen LogP contribution in [0.4, 0.5) is 8.78 Å². The molecule has 0 unspecified atom stereocenters. The number of ether oxygens (including phenoxy) is 2. The van der Waals surface area contributed by atoms with Gasteiger partial charge >= 0.3 is 6.61 Å². The normalized spacial score (nSPS) is 10.9. The van der Waals surface area contributed by atoms with E-state index < -0.39 is 12.5 Å². The maximum atomic E-state index is 12.6. The predicted octanol–water partition coefficient (Wildman–Crippen LogP) is 4.10. The molecule has 132 valence electrons. The van der Waals surface area contributed by atoms with Crippen LogP contribution in [-0.4, -0.2) is 25.3 Å². The molecule has 0 radical (unpaired) electrons. The number of halogens is 3. The number of alkyl halides is 2. The number of hydrazone groups is 1. The van der Waals surface area contributed by atoms with Crippen LogP contribution < -0.4 is 14.9 Å². The van der Waals surface area contributed by atoms with E-state index in [0.717, 1.165) is 0 Å². The van der Waals surface area contributed by atoms with Crippen LogP contribution in [-0.2, 0) is 0 Å². The van der Waals surface area contributed by atoms with Crippen molar-refractivity contribution in [2.75, 3.05) is 6.61 Å². The molecule has 0 heterocycles. The number of nitrogens with zero attached hydrogens (tertiary/aromatic N) is 1. The molecular formula is C17H15ClF2N2O3. The first kappa shape index (κ1) is 18.7. The molecule has 0 aliphatic rings. The van der Waals surface area contributed by atoms with E-state index in [9.17, 15) is 13.6 Å². The summed E-state index contributed by atoms with van der Waals surface area (Å²) in [6.45, 7) is -1.01. The van der Waals surface area contributed by atoms with Crippen LogP contribution in [0.15, 0.2) is 47.6 Å². The molecule has 0 aliphatic heterocycles. The van der Waals surface area contributed by atoms with Crippen LogP contribution in [0.5, 0.6) is 11.5 Å². The van der Waals surface area contributed by atoms with Gasteiger partial charge in [0.2, 0.25) is 0 Å². The van der Waals surface area contributed by atoms with Crippen molar-refractivity contribution in [1.82, 2.24) is 5.43 Å². The van der Waals surface area contributed by atoms with E-state index in [1.54, 1.807) is 25.1 Å². The van der Waals surface area contributed by atoms with Gasteiger partial charge in [-0.25, -0.2) is 5.43 Å². The Bertz CT molecular complexity index is 752. The van der Waals surface area contributed by atoms with Gasteiger partial charge < -0.3 is 9.47 Å². The van der Waals surface area contributed by atoms with Crippen LogP contribution in [0, 0.1) is 0 Å². The molecule has 0 saturated carbocycles. The summed E-state index contributed by atoms with van der Waals surface area (Å²) in [6, 6.07) is 10.8. The number of carbonyl (C=O) groups is 1. The second-order valence-electron chi connectivity index (χ2n) is 4.69. The van der Waals surface area contributed by atoms with E-state index in [-0.39, 0.29) is 23.7 Å². The molecule has 8 heteroatoms. The summed E-state index contributed by atoms with van der Waals surface area (Å²) in [6.07, 6.45) is 1.20. The average molecular weight is 369 g/mol. The minimum atomic E-state index is -3.02. The zero-order valence-corrected chi connectivity index (χ0v) is 14.0. The lowest BCUT2D eigenvalue weighted by molar-refractivity contribution is -0.0515. The Morgan fingerprint density at radius 1 is 1.28 bits per heavy atom. The third kappa shape index (κ3) is 5.42. The van der Waals surface area contributed by atoms with Crippen molar-refractivity contribution in [3.05, 3.63) is 58.6 Å². The van der Waals surface area contributed by atoms with Gasteiger partial charge in [0.1, 0.15) is 0 Å². The van der Waals surface area contributed by atoms with E-state index in [4.69, 9.17) is 16.3 Å². The van der Waals surface area contributed by atoms with E-state index in [1.807, 2.05) is 0 Å². The minimum Gasteiger partial charge on any atom is -0.490 e. The average Bonchev–Trinajstić information content (AvgIpc) is 2.58. The fourth-order valence-corrected chi connectivity index (χ4v) is 2.07. The number of hydrogen-bond donors (Lipinski definition) is 1. The first-order valence-corrected chi connectivity index (χ1v) is 7.68. The van der Waals surface area contributed by atoms with Gasteiger partial charge in [0.05, 0.1) is 12.8 Å². The molecule has 0 spiro atoms. The molecule has 2 aromatic carbocycles. The molecule has 0 atom stereocenters. The molecule has 1 N–H and O–H groups in total. The fourth-order valence-electron chi connectivity index (χ4n) is 1.95. The Hall–Kier alpha value is -2.67. The van der Waals surface area contributed by atoms with Crippen molar-refractivity contribution in [3.8, 4) is 11.5 Å². The van der Waals surface area contributed by atoms with Crippen molar-refractivity contribution in [3.63, 3.8) is 0 Å². The molecule has 1 amide bonds. The lowest BCUT2D eigenvalue weighted by Gasteiger charge is -2.13. The second-order valence-corrected chi connectivity index (χ2v) is 5.13. The minimum absolute atomic E-state index is 0.149. The van der Waals surface area contributed by atoms with Gasteiger partial charge in [-0.1, -0.05) is 17.7 Å². The van der Waals surface area contributed by atoms with E-state index >= 15 is 0 Å². The van der Waals surface area contributed by atoms with Gasteiger partial charge in [-0.3, -0.25) is 4.79 Å². The topological polar surface area (TPSA) is 59.9 Å². The second kappa shape index (κ2) is 8.98. The van der Waals surface area contributed by atoms with Crippen LogP contribution in [0.25, 0.3) is 0 Å². The summed E-state index contributed by atoms with van der Waals surface area (Å²) < 4.78 is 35.0. The molecule has 0 bridgehead atoms. The fraction of sp³-hybridized carbons (Fsp3) is 0.176. The molecule has 2 rings (SSSR count). The number of benzene rings is 2. The van der Waals surface area contributed by atoms with Crippen molar-refractivity contribution < 1.29 is 23.0 Å². The summed E-state index contributed by atoms with van der Waals surface area (Å²) in [5, 5.41) is 4.27. The summed E-state index contributed by atoms with van der Waals surface area (Å²) in [7, 11) is 0. The number of rotatable bonds is 7. The third-order valence-electron chi connectivity index (χ3n) is 2.99. The molecule has 2 aromatic rings. The van der Waals surface area contributed by atoms with Gasteiger partial charge in [-0.15, -0.1) is 0 Å². The van der Waals surface area contributed by atoms with Crippen LogP contribution in [0.1, 0.15) is 22.8 Å². The summed E-state index contributed by atoms with van der Waals surface area (Å²) in [4.78, 5) is 11.9. The summed E-state index contributed by atoms with van der Waals surface area (Å²) >= 11 is 5.75. The number of nitrogens with one attached hydrogen (secondary N) is 1. The van der Waals surface area contributed by atoms with Gasteiger partial charge in [0, 0.05) is 16.1 Å². The largest absolute Gasteiger partial charge is 0.490 e. The summed E-state index contributed by atoms with van der Waals surface area (Å²) in [5.41, 5.74) is 2.90. The Morgan fingerprint density at radius 3 is 2.64 bits per heavy atom. The lowest BCUT2D eigenvalue weighted by Crippen LogP contribution is -2.17. The lowest BCUT2D eigenvalue weighted by atomic mass is 10.2. The van der Waals surface area contributed by atoms with E-state index in [1.165, 1.54) is 30.5 Å². The smallest absolute Gasteiger partial charge is 0.387 e. The highest BCUT2D eigenvalue weighted by molar-refractivity contribution is 6.30. The van der Waals surface area contributed by atoms with Crippen molar-refractivity contribution >= 4 is 23.7 Å². The predicted molar refractivity (Wildman–Crippen MR) is 90.8 cm³/mol. The van der Waals surface area contributed by atoms with E-state index in [0.29, 0.717) is 10.6 Å². The van der Waals surface area contributed by atoms with Gasteiger partial charge in [0.25, 0.3) is 5.91 Å². The number of hydrogen-bond acceptors (Lipinski definition) is 4. The Kier molecular flexibility index (Phi) is 6.71. The van der Waals surface area contributed by atoms with Crippen LogP contribution in [0.3, 0.4) is 0 Å². The van der Waals surface area contributed by atoms with Gasteiger partial charge in [0.15, 0.2) is 11.5 Å². The van der Waals surface area contributed by atoms with E-state index in [2.05, 4.69) is 15.3 Å². The van der Waals surface area contributed by atoms with Crippen LogP contribution in [0.2, 0.25) is 5.02 Å². The zero-order valence-electron chi connectivity index (χ0n) is 13.2. The van der Waals surface area contributed by atoms with Crippen molar-refractivity contribution in [2.24, 2.45) is 5.10 Å². The monoisotopic (exact) mass is 368 g/mol. The summed E-state index contributed by atoms with van der Waals surface area (Å²) in [5.74, 6) is -0.454. The van der Waals surface area contributed by atoms with Crippen molar-refractivity contribution in [1.29, 1.82) is 0 Å². The SMILES string of the molecule is CCOc1cccc(/C=N\NC(=O)c2ccc(Cl)cc2)c1OC(F)F. The molecule has 0 fully saturated rings. The Balaban J connectivity index is 2.15.